The molecule has 0 radical (unpaired) electrons. The number of ether oxygens (including phenoxy) is 1. The van der Waals surface area contributed by atoms with Crippen molar-refractivity contribution in [3.63, 3.8) is 0 Å². The number of hydrogen-bond donors (Lipinski definition) is 1. The maximum absolute atomic E-state index is 5.75. The van der Waals surface area contributed by atoms with E-state index in [9.17, 15) is 0 Å². The molecule has 0 unspecified atom stereocenters. The first-order chi connectivity index (χ1) is 10.8. The Labute approximate surface area is 141 Å². The molecular formula is C16H12BrN3OS. The van der Waals surface area contributed by atoms with E-state index in [1.54, 1.807) is 6.20 Å². The summed E-state index contributed by atoms with van der Waals surface area (Å²) in [5, 5.41) is 0. The monoisotopic (exact) mass is 373 g/mol. The molecule has 0 spiro atoms. The van der Waals surface area contributed by atoms with Crippen LogP contribution in [0, 0.1) is 0 Å². The lowest BCUT2D eigenvalue weighted by atomic mass is 10.3. The summed E-state index contributed by atoms with van der Waals surface area (Å²) in [4.78, 5) is 9.68. The minimum Gasteiger partial charge on any atom is -0.438 e. The molecule has 0 saturated heterocycles. The number of hydrogen-bond acceptors (Lipinski definition) is 5. The number of rotatable bonds is 5. The van der Waals surface area contributed by atoms with Crippen molar-refractivity contribution in [3.05, 3.63) is 71.3 Å². The number of nitrogens with one attached hydrogen (secondary N) is 1. The SMILES string of the molecule is Brc1cnc(NSc2ccccc2)nc1Oc1ccccc1. The van der Waals surface area contributed by atoms with Crippen molar-refractivity contribution in [2.45, 2.75) is 4.90 Å². The van der Waals surface area contributed by atoms with E-state index < -0.39 is 0 Å². The van der Waals surface area contributed by atoms with Crippen LogP contribution in [0.4, 0.5) is 5.95 Å². The van der Waals surface area contributed by atoms with Crippen LogP contribution in [-0.2, 0) is 0 Å². The van der Waals surface area contributed by atoms with Crippen LogP contribution in [0.2, 0.25) is 0 Å². The fraction of sp³-hybridized carbons (Fsp3) is 0. The minimum atomic E-state index is 0.470. The van der Waals surface area contributed by atoms with E-state index in [2.05, 4.69) is 30.6 Å². The highest BCUT2D eigenvalue weighted by atomic mass is 79.9. The molecule has 0 aliphatic carbocycles. The topological polar surface area (TPSA) is 47.0 Å². The molecule has 1 N–H and O–H groups in total. The zero-order valence-corrected chi connectivity index (χ0v) is 13.8. The third-order valence-electron chi connectivity index (χ3n) is 2.67. The highest BCUT2D eigenvalue weighted by molar-refractivity contribution is 9.10. The molecule has 0 saturated carbocycles. The maximum Gasteiger partial charge on any atom is 0.238 e. The summed E-state index contributed by atoms with van der Waals surface area (Å²) in [5.74, 6) is 1.68. The van der Waals surface area contributed by atoms with E-state index in [1.165, 1.54) is 11.9 Å². The molecular weight excluding hydrogens is 362 g/mol. The number of aromatic nitrogens is 2. The van der Waals surface area contributed by atoms with Gasteiger partial charge in [-0.05, 0) is 52.1 Å². The fourth-order valence-corrected chi connectivity index (χ4v) is 2.54. The second-order valence-corrected chi connectivity index (χ2v) is 6.01. The Bertz CT molecular complexity index is 741. The highest BCUT2D eigenvalue weighted by Crippen LogP contribution is 2.28. The molecule has 0 aliphatic heterocycles. The molecule has 0 atom stereocenters. The summed E-state index contributed by atoms with van der Waals surface area (Å²) in [6, 6.07) is 19.5. The Kier molecular flexibility index (Phi) is 4.92. The predicted octanol–water partition coefficient (Wildman–Crippen LogP) is 5.15. The van der Waals surface area contributed by atoms with Crippen molar-refractivity contribution < 1.29 is 4.74 Å². The summed E-state index contributed by atoms with van der Waals surface area (Å²) in [6.07, 6.45) is 1.67. The van der Waals surface area contributed by atoms with Gasteiger partial charge in [-0.15, -0.1) is 0 Å². The Morgan fingerprint density at radius 1 is 0.955 bits per heavy atom. The van der Waals surface area contributed by atoms with Crippen LogP contribution in [0.1, 0.15) is 0 Å². The van der Waals surface area contributed by atoms with E-state index >= 15 is 0 Å². The molecule has 3 rings (SSSR count). The number of anilines is 1. The van der Waals surface area contributed by atoms with Gasteiger partial charge in [-0.2, -0.15) is 4.98 Å². The Morgan fingerprint density at radius 2 is 1.64 bits per heavy atom. The van der Waals surface area contributed by atoms with Gasteiger partial charge in [0.25, 0.3) is 0 Å². The lowest BCUT2D eigenvalue weighted by Gasteiger charge is -2.08. The number of benzene rings is 2. The standard InChI is InChI=1S/C16H12BrN3OS/c17-14-11-18-16(20-22-13-9-5-2-6-10-13)19-15(14)21-12-7-3-1-4-8-12/h1-11H,(H,18,19,20). The van der Waals surface area contributed by atoms with Crippen molar-refractivity contribution in [1.82, 2.24) is 9.97 Å². The lowest BCUT2D eigenvalue weighted by molar-refractivity contribution is 0.459. The van der Waals surface area contributed by atoms with Crippen LogP contribution < -0.4 is 9.46 Å². The molecule has 0 fully saturated rings. The van der Waals surface area contributed by atoms with Crippen molar-refractivity contribution in [2.24, 2.45) is 0 Å². The Balaban J connectivity index is 1.72. The normalized spacial score (nSPS) is 10.2. The van der Waals surface area contributed by atoms with Gasteiger partial charge in [0.2, 0.25) is 11.8 Å². The van der Waals surface area contributed by atoms with Crippen LogP contribution in [0.25, 0.3) is 0 Å². The fourth-order valence-electron chi connectivity index (χ4n) is 1.67. The molecule has 0 amide bonds. The maximum atomic E-state index is 5.75. The molecule has 6 heteroatoms. The van der Waals surface area contributed by atoms with Crippen LogP contribution in [-0.4, -0.2) is 9.97 Å². The highest BCUT2D eigenvalue weighted by Gasteiger charge is 2.08. The molecule has 2 aromatic carbocycles. The van der Waals surface area contributed by atoms with Gasteiger partial charge in [0, 0.05) is 4.90 Å². The largest absolute Gasteiger partial charge is 0.438 e. The van der Waals surface area contributed by atoms with Gasteiger partial charge in [0.15, 0.2) is 0 Å². The summed E-state index contributed by atoms with van der Waals surface area (Å²) in [7, 11) is 0. The molecule has 1 heterocycles. The van der Waals surface area contributed by atoms with Gasteiger partial charge in [0.05, 0.1) is 10.7 Å². The van der Waals surface area contributed by atoms with Gasteiger partial charge in [0.1, 0.15) is 5.75 Å². The van der Waals surface area contributed by atoms with Crippen molar-refractivity contribution in [2.75, 3.05) is 4.72 Å². The number of nitrogens with zero attached hydrogens (tertiary/aromatic N) is 2. The average molecular weight is 374 g/mol. The van der Waals surface area contributed by atoms with Crippen LogP contribution >= 0.6 is 27.9 Å². The Hall–Kier alpha value is -2.05. The predicted molar refractivity (Wildman–Crippen MR) is 92.2 cm³/mol. The third-order valence-corrected chi connectivity index (χ3v) is 4.01. The smallest absolute Gasteiger partial charge is 0.238 e. The summed E-state index contributed by atoms with van der Waals surface area (Å²) in [5.41, 5.74) is 0. The molecule has 3 aromatic rings. The molecule has 0 aliphatic rings. The third kappa shape index (κ3) is 3.99. The Morgan fingerprint density at radius 3 is 2.36 bits per heavy atom. The molecule has 110 valence electrons. The van der Waals surface area contributed by atoms with Crippen LogP contribution in [0.5, 0.6) is 11.6 Å². The second-order valence-electron chi connectivity index (χ2n) is 4.28. The van der Waals surface area contributed by atoms with E-state index in [1.807, 2.05) is 60.7 Å². The average Bonchev–Trinajstić information content (AvgIpc) is 2.57. The van der Waals surface area contributed by atoms with E-state index in [0.717, 1.165) is 10.6 Å². The van der Waals surface area contributed by atoms with E-state index in [-0.39, 0.29) is 0 Å². The number of para-hydroxylation sites is 1. The quantitative estimate of drug-likeness (QED) is 0.626. The minimum absolute atomic E-state index is 0.470. The number of halogens is 1. The van der Waals surface area contributed by atoms with Gasteiger partial charge >= 0.3 is 0 Å². The summed E-state index contributed by atoms with van der Waals surface area (Å²) in [6.45, 7) is 0. The van der Waals surface area contributed by atoms with Crippen LogP contribution in [0.15, 0.2) is 76.2 Å². The van der Waals surface area contributed by atoms with Crippen molar-refractivity contribution >= 4 is 33.8 Å². The second kappa shape index (κ2) is 7.29. The first-order valence-corrected chi connectivity index (χ1v) is 8.15. The first kappa shape index (κ1) is 14.9. The van der Waals surface area contributed by atoms with Gasteiger partial charge in [-0.3, -0.25) is 4.72 Å². The first-order valence-electron chi connectivity index (χ1n) is 6.54. The molecule has 22 heavy (non-hydrogen) atoms. The van der Waals surface area contributed by atoms with E-state index in [0.29, 0.717) is 16.3 Å². The van der Waals surface area contributed by atoms with Crippen molar-refractivity contribution in [1.29, 1.82) is 0 Å². The molecule has 4 nitrogen and oxygen atoms in total. The molecule has 0 bridgehead atoms. The van der Waals surface area contributed by atoms with Crippen molar-refractivity contribution in [3.8, 4) is 11.6 Å². The van der Waals surface area contributed by atoms with E-state index in [4.69, 9.17) is 4.74 Å². The molecule has 1 aromatic heterocycles. The summed E-state index contributed by atoms with van der Waals surface area (Å²) < 4.78 is 9.56. The van der Waals surface area contributed by atoms with Crippen LogP contribution in [0.3, 0.4) is 0 Å². The van der Waals surface area contributed by atoms with Gasteiger partial charge < -0.3 is 4.74 Å². The van der Waals surface area contributed by atoms with Gasteiger partial charge in [-0.1, -0.05) is 36.4 Å². The lowest BCUT2D eigenvalue weighted by Crippen LogP contribution is -1.97. The zero-order valence-electron chi connectivity index (χ0n) is 11.4. The summed E-state index contributed by atoms with van der Waals surface area (Å²) >= 11 is 4.85. The zero-order chi connectivity index (χ0) is 15.2. The van der Waals surface area contributed by atoms with Gasteiger partial charge in [-0.25, -0.2) is 4.98 Å².